The minimum absolute atomic E-state index is 0.231. The first kappa shape index (κ1) is 29.0. The molecule has 0 saturated heterocycles. The quantitative estimate of drug-likeness (QED) is 0.285. The lowest BCUT2D eigenvalue weighted by atomic mass is 10.0. The van der Waals surface area contributed by atoms with Gasteiger partial charge in [-0.1, -0.05) is 60.7 Å². The summed E-state index contributed by atoms with van der Waals surface area (Å²) in [4.78, 5) is 43.2. The van der Waals surface area contributed by atoms with Gasteiger partial charge in [-0.15, -0.1) is 11.3 Å². The molecule has 3 rings (SSSR count). The Balaban J connectivity index is 1.69. The first-order valence-electron chi connectivity index (χ1n) is 12.9. The highest BCUT2D eigenvalue weighted by atomic mass is 32.1. The van der Waals surface area contributed by atoms with Crippen molar-refractivity contribution in [3.05, 3.63) is 87.9 Å². The highest BCUT2D eigenvalue weighted by Crippen LogP contribution is 2.15. The van der Waals surface area contributed by atoms with E-state index in [-0.39, 0.29) is 30.8 Å². The molecule has 8 nitrogen and oxygen atoms in total. The van der Waals surface area contributed by atoms with Gasteiger partial charge in [-0.25, -0.2) is 9.78 Å². The third-order valence-electron chi connectivity index (χ3n) is 5.90. The molecule has 202 valence electrons. The van der Waals surface area contributed by atoms with Gasteiger partial charge >= 0.3 is 11.9 Å². The van der Waals surface area contributed by atoms with Crippen LogP contribution in [-0.4, -0.2) is 54.7 Å². The molecule has 3 aromatic rings. The zero-order chi connectivity index (χ0) is 27.2. The molecule has 2 N–H and O–H groups in total. The molecule has 0 saturated carbocycles. The van der Waals surface area contributed by atoms with Crippen LogP contribution in [0.5, 0.6) is 0 Å². The van der Waals surface area contributed by atoms with E-state index in [0.29, 0.717) is 32.2 Å². The lowest BCUT2D eigenvalue weighted by molar-refractivity contribution is -0.146. The average Bonchev–Trinajstić information content (AvgIpc) is 3.40. The van der Waals surface area contributed by atoms with Gasteiger partial charge in [-0.2, -0.15) is 0 Å². The molecule has 2 aromatic carbocycles. The van der Waals surface area contributed by atoms with E-state index < -0.39 is 18.1 Å². The number of benzene rings is 2. The Morgan fingerprint density at radius 2 is 1.53 bits per heavy atom. The van der Waals surface area contributed by atoms with Crippen LogP contribution in [0.1, 0.15) is 46.8 Å². The van der Waals surface area contributed by atoms with E-state index in [1.165, 1.54) is 11.3 Å². The molecular formula is C29H35N3O5S. The molecule has 0 unspecified atom stereocenters. The van der Waals surface area contributed by atoms with Crippen molar-refractivity contribution in [1.82, 2.24) is 15.6 Å². The fraction of sp³-hybridized carbons (Fsp3) is 0.379. The summed E-state index contributed by atoms with van der Waals surface area (Å²) in [7, 11) is 0. The third-order valence-corrected chi connectivity index (χ3v) is 6.79. The molecular weight excluding hydrogens is 502 g/mol. The van der Waals surface area contributed by atoms with Crippen LogP contribution in [0.2, 0.25) is 0 Å². The number of amides is 1. The summed E-state index contributed by atoms with van der Waals surface area (Å²) in [6.07, 6.45) is 2.00. The molecule has 0 bridgehead atoms. The molecule has 0 spiro atoms. The second-order valence-corrected chi connectivity index (χ2v) is 9.56. The van der Waals surface area contributed by atoms with Crippen molar-refractivity contribution in [3.63, 3.8) is 0 Å². The predicted molar refractivity (Wildman–Crippen MR) is 147 cm³/mol. The Hall–Kier alpha value is -3.56. The first-order valence-corrected chi connectivity index (χ1v) is 13.8. The summed E-state index contributed by atoms with van der Waals surface area (Å²) in [6.45, 7) is 4.35. The van der Waals surface area contributed by atoms with Crippen molar-refractivity contribution < 1.29 is 23.9 Å². The number of thiazole rings is 1. The van der Waals surface area contributed by atoms with Crippen LogP contribution in [0, 0.1) is 0 Å². The summed E-state index contributed by atoms with van der Waals surface area (Å²) >= 11 is 1.35. The van der Waals surface area contributed by atoms with E-state index in [1.54, 1.807) is 19.4 Å². The molecule has 38 heavy (non-hydrogen) atoms. The minimum atomic E-state index is -0.659. The Labute approximate surface area is 227 Å². The summed E-state index contributed by atoms with van der Waals surface area (Å²) in [5.41, 5.74) is 3.96. The maximum Gasteiger partial charge on any atom is 0.358 e. The lowest BCUT2D eigenvalue weighted by Crippen LogP contribution is -2.52. The molecule has 0 aliphatic carbocycles. The Bertz CT molecular complexity index is 1150. The van der Waals surface area contributed by atoms with Crippen molar-refractivity contribution >= 4 is 29.2 Å². The molecule has 9 heteroatoms. The fourth-order valence-corrected chi connectivity index (χ4v) is 4.78. The van der Waals surface area contributed by atoms with Gasteiger partial charge in [0.1, 0.15) is 6.04 Å². The van der Waals surface area contributed by atoms with Gasteiger partial charge in [0, 0.05) is 17.8 Å². The van der Waals surface area contributed by atoms with Crippen LogP contribution in [0.4, 0.5) is 0 Å². The van der Waals surface area contributed by atoms with E-state index in [4.69, 9.17) is 9.47 Å². The standard InChI is InChI=1S/C29H35N3O5S/c1-3-36-28(34)23(16-15-21-11-7-5-8-12-21)32-24(19-22-13-9-6-10-14-22)27(33)30-18-17-25-26(31-20-38-25)29(35)37-4-2/h5-14,20,23-24,32H,3-4,15-19H2,1-2H3,(H,30,33)/t23-,24-/m0/s1. The van der Waals surface area contributed by atoms with Gasteiger partial charge in [0.25, 0.3) is 0 Å². The van der Waals surface area contributed by atoms with Crippen LogP contribution in [0.15, 0.2) is 66.2 Å². The average molecular weight is 538 g/mol. The number of nitrogens with zero attached hydrogens (tertiary/aromatic N) is 1. The number of hydrogen-bond acceptors (Lipinski definition) is 8. The summed E-state index contributed by atoms with van der Waals surface area (Å²) in [5, 5.41) is 6.24. The van der Waals surface area contributed by atoms with E-state index in [1.807, 2.05) is 60.7 Å². The first-order chi connectivity index (χ1) is 18.5. The maximum atomic E-state index is 13.4. The van der Waals surface area contributed by atoms with Crippen molar-refractivity contribution in [2.75, 3.05) is 19.8 Å². The molecule has 1 amide bonds. The monoisotopic (exact) mass is 537 g/mol. The summed E-state index contributed by atoms with van der Waals surface area (Å²) < 4.78 is 10.4. The second kappa shape index (κ2) is 15.6. The van der Waals surface area contributed by atoms with Crippen LogP contribution in [0.3, 0.4) is 0 Å². The maximum absolute atomic E-state index is 13.4. The Morgan fingerprint density at radius 3 is 2.18 bits per heavy atom. The zero-order valence-corrected chi connectivity index (χ0v) is 22.7. The molecule has 1 heterocycles. The molecule has 0 radical (unpaired) electrons. The van der Waals surface area contributed by atoms with Crippen molar-refractivity contribution in [3.8, 4) is 0 Å². The van der Waals surface area contributed by atoms with Crippen molar-refractivity contribution in [1.29, 1.82) is 0 Å². The Morgan fingerprint density at radius 1 is 0.868 bits per heavy atom. The molecule has 0 aliphatic rings. The van der Waals surface area contributed by atoms with Crippen molar-refractivity contribution in [2.24, 2.45) is 0 Å². The summed E-state index contributed by atoms with van der Waals surface area (Å²) in [6, 6.07) is 18.3. The molecule has 1 aromatic heterocycles. The van der Waals surface area contributed by atoms with Gasteiger partial charge in [0.05, 0.1) is 24.8 Å². The highest BCUT2D eigenvalue weighted by Gasteiger charge is 2.27. The summed E-state index contributed by atoms with van der Waals surface area (Å²) in [5.74, 6) is -1.07. The van der Waals surface area contributed by atoms with Gasteiger partial charge in [0.2, 0.25) is 5.91 Å². The van der Waals surface area contributed by atoms with Gasteiger partial charge in [0.15, 0.2) is 5.69 Å². The third kappa shape index (κ3) is 9.08. The number of aromatic nitrogens is 1. The molecule has 2 atom stereocenters. The normalized spacial score (nSPS) is 12.4. The zero-order valence-electron chi connectivity index (χ0n) is 21.9. The van der Waals surface area contributed by atoms with Gasteiger partial charge in [-0.3, -0.25) is 14.9 Å². The number of esters is 2. The number of carbonyl (C=O) groups is 3. The topological polar surface area (TPSA) is 107 Å². The number of carbonyl (C=O) groups excluding carboxylic acids is 3. The highest BCUT2D eigenvalue weighted by molar-refractivity contribution is 7.09. The number of hydrogen-bond donors (Lipinski definition) is 2. The van der Waals surface area contributed by atoms with Crippen LogP contribution in [0.25, 0.3) is 0 Å². The second-order valence-electron chi connectivity index (χ2n) is 8.62. The Kier molecular flexibility index (Phi) is 11.9. The number of ether oxygens (including phenoxy) is 2. The van der Waals surface area contributed by atoms with Crippen molar-refractivity contribution in [2.45, 2.75) is 51.6 Å². The van der Waals surface area contributed by atoms with Crippen LogP contribution < -0.4 is 10.6 Å². The van der Waals surface area contributed by atoms with E-state index in [9.17, 15) is 14.4 Å². The molecule has 0 fully saturated rings. The largest absolute Gasteiger partial charge is 0.465 e. The fourth-order valence-electron chi connectivity index (χ4n) is 4.02. The van der Waals surface area contributed by atoms with E-state index >= 15 is 0 Å². The van der Waals surface area contributed by atoms with Gasteiger partial charge < -0.3 is 14.8 Å². The van der Waals surface area contributed by atoms with Crippen LogP contribution in [-0.2, 0) is 38.3 Å². The number of nitrogens with one attached hydrogen (secondary N) is 2. The lowest BCUT2D eigenvalue weighted by Gasteiger charge is -2.24. The SMILES string of the molecule is CCOC(=O)c1ncsc1CCNC(=O)[C@H](Cc1ccccc1)N[C@@H](CCc1ccccc1)C(=O)OCC. The minimum Gasteiger partial charge on any atom is -0.465 e. The number of aryl methyl sites for hydroxylation is 1. The number of rotatable bonds is 15. The van der Waals surface area contributed by atoms with Gasteiger partial charge in [-0.05, 0) is 44.2 Å². The molecule has 0 aliphatic heterocycles. The van der Waals surface area contributed by atoms with E-state index in [0.717, 1.165) is 16.0 Å². The van der Waals surface area contributed by atoms with E-state index in [2.05, 4.69) is 15.6 Å². The van der Waals surface area contributed by atoms with Crippen LogP contribution >= 0.6 is 11.3 Å². The predicted octanol–water partition coefficient (Wildman–Crippen LogP) is 3.74. The smallest absolute Gasteiger partial charge is 0.358 e.